The SMILES string of the molecule is CNC(=O)NC(=O)[C@H](OC(=O)Cc1ccc(Cl)c(Cl)c1)c1ccccc1. The predicted octanol–water partition coefficient (Wildman–Crippen LogP) is 3.28. The van der Waals surface area contributed by atoms with Crippen molar-refractivity contribution >= 4 is 41.1 Å². The Hall–Kier alpha value is -2.57. The number of nitrogens with one attached hydrogen (secondary N) is 2. The second-order valence-electron chi connectivity index (χ2n) is 5.27. The number of imide groups is 1. The number of ether oxygens (including phenoxy) is 1. The van der Waals surface area contributed by atoms with E-state index in [1.165, 1.54) is 7.05 Å². The number of urea groups is 1. The van der Waals surface area contributed by atoms with Crippen molar-refractivity contribution in [3.8, 4) is 0 Å². The summed E-state index contributed by atoms with van der Waals surface area (Å²) in [5.41, 5.74) is 1.03. The van der Waals surface area contributed by atoms with Crippen LogP contribution in [-0.2, 0) is 20.7 Å². The maximum atomic E-state index is 12.3. The Labute approximate surface area is 160 Å². The number of benzene rings is 2. The molecule has 2 N–H and O–H groups in total. The minimum atomic E-state index is -1.26. The van der Waals surface area contributed by atoms with Crippen molar-refractivity contribution in [2.45, 2.75) is 12.5 Å². The van der Waals surface area contributed by atoms with Crippen molar-refractivity contribution in [2.24, 2.45) is 0 Å². The molecule has 2 rings (SSSR count). The molecule has 0 aromatic heterocycles. The summed E-state index contributed by atoms with van der Waals surface area (Å²) in [7, 11) is 1.37. The van der Waals surface area contributed by atoms with Gasteiger partial charge in [0.25, 0.3) is 5.91 Å². The Morgan fingerprint density at radius 1 is 1.04 bits per heavy atom. The maximum absolute atomic E-state index is 12.3. The number of hydrogen-bond donors (Lipinski definition) is 2. The molecule has 0 aliphatic rings. The van der Waals surface area contributed by atoms with Crippen molar-refractivity contribution in [1.29, 1.82) is 0 Å². The van der Waals surface area contributed by atoms with Gasteiger partial charge in [-0.1, -0.05) is 59.6 Å². The molecule has 26 heavy (non-hydrogen) atoms. The van der Waals surface area contributed by atoms with E-state index in [9.17, 15) is 14.4 Å². The number of hydrogen-bond acceptors (Lipinski definition) is 4. The van der Waals surface area contributed by atoms with E-state index in [0.29, 0.717) is 21.2 Å². The molecular weight excluding hydrogens is 379 g/mol. The van der Waals surface area contributed by atoms with E-state index in [1.54, 1.807) is 48.5 Å². The first kappa shape index (κ1) is 19.8. The molecule has 8 heteroatoms. The molecule has 0 aliphatic carbocycles. The Balaban J connectivity index is 2.14. The molecule has 1 atom stereocenters. The number of carbonyl (C=O) groups excluding carboxylic acids is 3. The molecule has 136 valence electrons. The average Bonchev–Trinajstić information content (AvgIpc) is 2.63. The highest BCUT2D eigenvalue weighted by Gasteiger charge is 2.26. The van der Waals surface area contributed by atoms with E-state index in [1.807, 2.05) is 0 Å². The number of esters is 1. The van der Waals surface area contributed by atoms with Gasteiger partial charge in [-0.2, -0.15) is 0 Å². The van der Waals surface area contributed by atoms with E-state index in [2.05, 4.69) is 10.6 Å². The van der Waals surface area contributed by atoms with Crippen LogP contribution < -0.4 is 10.6 Å². The van der Waals surface area contributed by atoms with Gasteiger partial charge < -0.3 is 10.1 Å². The predicted molar refractivity (Wildman–Crippen MR) is 98.0 cm³/mol. The third-order valence-corrected chi connectivity index (χ3v) is 4.13. The minimum absolute atomic E-state index is 0.104. The normalized spacial score (nSPS) is 11.3. The van der Waals surface area contributed by atoms with Gasteiger partial charge in [-0.05, 0) is 17.7 Å². The first-order valence-electron chi connectivity index (χ1n) is 7.61. The van der Waals surface area contributed by atoms with Gasteiger partial charge in [0, 0.05) is 12.6 Å². The van der Waals surface area contributed by atoms with Gasteiger partial charge in [0.1, 0.15) is 0 Å². The summed E-state index contributed by atoms with van der Waals surface area (Å²) in [5, 5.41) is 5.06. The van der Waals surface area contributed by atoms with Crippen LogP contribution in [0.15, 0.2) is 48.5 Å². The molecule has 0 bridgehead atoms. The minimum Gasteiger partial charge on any atom is -0.447 e. The first-order valence-corrected chi connectivity index (χ1v) is 8.37. The quantitative estimate of drug-likeness (QED) is 0.762. The molecule has 3 amide bonds. The zero-order valence-corrected chi connectivity index (χ0v) is 15.3. The van der Waals surface area contributed by atoms with Crippen LogP contribution in [0.4, 0.5) is 4.79 Å². The van der Waals surface area contributed by atoms with Gasteiger partial charge in [-0.25, -0.2) is 4.79 Å². The molecule has 0 unspecified atom stereocenters. The summed E-state index contributed by atoms with van der Waals surface area (Å²) >= 11 is 11.8. The molecule has 0 saturated heterocycles. The number of amides is 3. The fourth-order valence-corrected chi connectivity index (χ4v) is 2.45. The zero-order chi connectivity index (χ0) is 19.1. The van der Waals surface area contributed by atoms with E-state index in [0.717, 1.165) is 0 Å². The molecular formula is C18H16Cl2N2O4. The fraction of sp³-hybridized carbons (Fsp3) is 0.167. The lowest BCUT2D eigenvalue weighted by atomic mass is 10.1. The lowest BCUT2D eigenvalue weighted by Gasteiger charge is -2.17. The van der Waals surface area contributed by atoms with Crippen molar-refractivity contribution in [2.75, 3.05) is 7.05 Å². The zero-order valence-electron chi connectivity index (χ0n) is 13.8. The van der Waals surface area contributed by atoms with Crippen molar-refractivity contribution in [3.63, 3.8) is 0 Å². The topological polar surface area (TPSA) is 84.5 Å². The van der Waals surface area contributed by atoms with Gasteiger partial charge in [-0.15, -0.1) is 0 Å². The van der Waals surface area contributed by atoms with Gasteiger partial charge in [0.2, 0.25) is 6.10 Å². The molecule has 6 nitrogen and oxygen atoms in total. The second-order valence-corrected chi connectivity index (χ2v) is 6.09. The number of halogens is 2. The summed E-state index contributed by atoms with van der Waals surface area (Å²) in [5.74, 6) is -1.40. The van der Waals surface area contributed by atoms with Crippen LogP contribution in [0.2, 0.25) is 10.0 Å². The molecule has 0 fully saturated rings. The number of rotatable bonds is 5. The highest BCUT2D eigenvalue weighted by atomic mass is 35.5. The molecule has 0 spiro atoms. The van der Waals surface area contributed by atoms with Crippen molar-refractivity contribution < 1.29 is 19.1 Å². The van der Waals surface area contributed by atoms with Crippen LogP contribution >= 0.6 is 23.2 Å². The molecule has 0 radical (unpaired) electrons. The van der Waals surface area contributed by atoms with E-state index >= 15 is 0 Å². The third-order valence-electron chi connectivity index (χ3n) is 3.39. The summed E-state index contributed by atoms with van der Waals surface area (Å²) in [4.78, 5) is 36.0. The lowest BCUT2D eigenvalue weighted by Crippen LogP contribution is -2.41. The molecule has 0 saturated carbocycles. The summed E-state index contributed by atoms with van der Waals surface area (Å²) in [6.45, 7) is 0. The van der Waals surface area contributed by atoms with E-state index in [-0.39, 0.29) is 6.42 Å². The smallest absolute Gasteiger partial charge is 0.321 e. The number of carbonyl (C=O) groups is 3. The van der Waals surface area contributed by atoms with E-state index in [4.69, 9.17) is 27.9 Å². The van der Waals surface area contributed by atoms with Gasteiger partial charge in [0.05, 0.1) is 16.5 Å². The van der Waals surface area contributed by atoms with Crippen LogP contribution in [0.1, 0.15) is 17.2 Å². The van der Waals surface area contributed by atoms with Gasteiger partial charge >= 0.3 is 12.0 Å². The lowest BCUT2D eigenvalue weighted by molar-refractivity contribution is -0.155. The standard InChI is InChI=1S/C18H16Cl2N2O4/c1-21-18(25)22-17(24)16(12-5-3-2-4-6-12)26-15(23)10-11-7-8-13(19)14(20)9-11/h2-9,16H,10H2,1H3,(H2,21,22,24,25)/t16-/m1/s1. The Morgan fingerprint density at radius 3 is 2.35 bits per heavy atom. The van der Waals surface area contributed by atoms with Crippen LogP contribution in [0.25, 0.3) is 0 Å². The van der Waals surface area contributed by atoms with Crippen LogP contribution in [0.3, 0.4) is 0 Å². The van der Waals surface area contributed by atoms with Crippen molar-refractivity contribution in [3.05, 3.63) is 69.7 Å². The largest absolute Gasteiger partial charge is 0.447 e. The average molecular weight is 395 g/mol. The monoisotopic (exact) mass is 394 g/mol. The highest BCUT2D eigenvalue weighted by Crippen LogP contribution is 2.24. The van der Waals surface area contributed by atoms with Crippen LogP contribution in [0, 0.1) is 0 Å². The molecule has 0 aliphatic heterocycles. The first-order chi connectivity index (χ1) is 12.4. The van der Waals surface area contributed by atoms with Crippen molar-refractivity contribution in [1.82, 2.24) is 10.6 Å². The molecule has 2 aromatic rings. The Bertz CT molecular complexity index is 812. The van der Waals surface area contributed by atoms with E-state index < -0.39 is 24.0 Å². The Kier molecular flexibility index (Phi) is 7.00. The molecule has 2 aromatic carbocycles. The fourth-order valence-electron chi connectivity index (χ4n) is 2.13. The summed E-state index contributed by atoms with van der Waals surface area (Å²) in [6.07, 6.45) is -1.36. The van der Waals surface area contributed by atoms with Crippen LogP contribution in [-0.4, -0.2) is 25.0 Å². The van der Waals surface area contributed by atoms with Crippen LogP contribution in [0.5, 0.6) is 0 Å². The third kappa shape index (κ3) is 5.47. The van der Waals surface area contributed by atoms with Gasteiger partial charge in [0.15, 0.2) is 0 Å². The maximum Gasteiger partial charge on any atom is 0.321 e. The summed E-state index contributed by atoms with van der Waals surface area (Å²) in [6, 6.07) is 12.5. The Morgan fingerprint density at radius 2 is 1.73 bits per heavy atom. The highest BCUT2D eigenvalue weighted by molar-refractivity contribution is 6.42. The van der Waals surface area contributed by atoms with Gasteiger partial charge in [-0.3, -0.25) is 14.9 Å². The summed E-state index contributed by atoms with van der Waals surface area (Å²) < 4.78 is 5.31. The molecule has 0 heterocycles. The second kappa shape index (κ2) is 9.22.